The maximum absolute atomic E-state index is 12.5. The number of rotatable bonds is 4. The van der Waals surface area contributed by atoms with Crippen LogP contribution in [0.15, 0.2) is 6.33 Å². The number of aryl methyl sites for hydroxylation is 1. The molecule has 24 heavy (non-hydrogen) atoms. The van der Waals surface area contributed by atoms with Crippen LogP contribution in [0.3, 0.4) is 0 Å². The maximum atomic E-state index is 12.5. The highest BCUT2D eigenvalue weighted by molar-refractivity contribution is 7.90. The van der Waals surface area contributed by atoms with Crippen LogP contribution in [0.2, 0.25) is 0 Å². The molecule has 2 heterocycles. The van der Waals surface area contributed by atoms with Crippen molar-refractivity contribution in [3.05, 3.63) is 17.6 Å². The standard InChI is InChI=1S/C17H26N4O2S/c1-20(24(22,23)14-8-9-14)13-5-4-10-21(11-13)17-15-6-2-3-7-16(15)18-12-19-17/h12-14H,2-11H2,1H3. The number of piperidine rings is 1. The molecule has 0 bridgehead atoms. The molecule has 7 heteroatoms. The molecule has 132 valence electrons. The van der Waals surface area contributed by atoms with E-state index in [0.717, 1.165) is 57.4 Å². The molecule has 4 rings (SSSR count). The topological polar surface area (TPSA) is 66.4 Å². The largest absolute Gasteiger partial charge is 0.355 e. The van der Waals surface area contributed by atoms with Gasteiger partial charge in [-0.15, -0.1) is 0 Å². The van der Waals surface area contributed by atoms with E-state index < -0.39 is 10.0 Å². The molecule has 1 aromatic rings. The van der Waals surface area contributed by atoms with Gasteiger partial charge in [-0.2, -0.15) is 4.31 Å². The van der Waals surface area contributed by atoms with E-state index in [2.05, 4.69) is 14.9 Å². The fourth-order valence-electron chi connectivity index (χ4n) is 4.03. The zero-order chi connectivity index (χ0) is 16.7. The summed E-state index contributed by atoms with van der Waals surface area (Å²) in [6.45, 7) is 1.70. The van der Waals surface area contributed by atoms with Gasteiger partial charge in [-0.25, -0.2) is 18.4 Å². The molecule has 6 nitrogen and oxygen atoms in total. The van der Waals surface area contributed by atoms with E-state index in [4.69, 9.17) is 0 Å². The van der Waals surface area contributed by atoms with E-state index in [-0.39, 0.29) is 11.3 Å². The molecular formula is C17H26N4O2S. The molecule has 1 atom stereocenters. The molecular weight excluding hydrogens is 324 g/mol. The minimum atomic E-state index is -3.11. The van der Waals surface area contributed by atoms with Gasteiger partial charge in [0.25, 0.3) is 0 Å². The summed E-state index contributed by atoms with van der Waals surface area (Å²) in [5, 5.41) is -0.135. The van der Waals surface area contributed by atoms with Gasteiger partial charge in [0, 0.05) is 37.4 Å². The third-order valence-electron chi connectivity index (χ3n) is 5.66. The first-order chi connectivity index (χ1) is 11.6. The number of likely N-dealkylation sites (N-methyl/N-ethyl adjacent to an activating group) is 1. The molecule has 0 spiro atoms. The molecule has 1 saturated heterocycles. The van der Waals surface area contributed by atoms with E-state index in [1.807, 2.05) is 0 Å². The molecule has 1 aromatic heterocycles. The van der Waals surface area contributed by atoms with E-state index in [0.29, 0.717) is 0 Å². The molecule has 2 fully saturated rings. The summed E-state index contributed by atoms with van der Waals surface area (Å²) in [6, 6.07) is 0.0542. The van der Waals surface area contributed by atoms with Crippen molar-refractivity contribution in [2.24, 2.45) is 0 Å². The molecule has 1 saturated carbocycles. The normalized spacial score (nSPS) is 24.9. The summed E-state index contributed by atoms with van der Waals surface area (Å²) in [4.78, 5) is 11.3. The van der Waals surface area contributed by atoms with Crippen molar-refractivity contribution in [1.29, 1.82) is 0 Å². The second-order valence-corrected chi connectivity index (χ2v) is 9.60. The van der Waals surface area contributed by atoms with Crippen LogP contribution >= 0.6 is 0 Å². The SMILES string of the molecule is CN(C1CCCN(c2ncnc3c2CCCC3)C1)S(=O)(=O)C1CC1. The van der Waals surface area contributed by atoms with Gasteiger partial charge in [0.2, 0.25) is 10.0 Å². The van der Waals surface area contributed by atoms with Crippen LogP contribution in [0.25, 0.3) is 0 Å². The van der Waals surface area contributed by atoms with Gasteiger partial charge in [-0.05, 0) is 51.4 Å². The Bertz CT molecular complexity index is 717. The van der Waals surface area contributed by atoms with Crippen molar-refractivity contribution in [3.63, 3.8) is 0 Å². The molecule has 0 N–H and O–H groups in total. The zero-order valence-corrected chi connectivity index (χ0v) is 15.1. The van der Waals surface area contributed by atoms with Crippen LogP contribution in [0, 0.1) is 0 Å². The van der Waals surface area contributed by atoms with Gasteiger partial charge in [0.15, 0.2) is 0 Å². The van der Waals surface area contributed by atoms with E-state index in [1.165, 1.54) is 24.1 Å². The monoisotopic (exact) mass is 350 g/mol. The number of nitrogens with zero attached hydrogens (tertiary/aromatic N) is 4. The van der Waals surface area contributed by atoms with E-state index in [1.54, 1.807) is 17.7 Å². The lowest BCUT2D eigenvalue weighted by atomic mass is 9.95. The minimum absolute atomic E-state index is 0.0542. The third-order valence-corrected chi connectivity index (χ3v) is 8.07. The molecule has 0 aromatic carbocycles. The Labute approximate surface area is 144 Å². The summed E-state index contributed by atoms with van der Waals surface area (Å²) < 4.78 is 26.7. The smallest absolute Gasteiger partial charge is 0.217 e. The summed E-state index contributed by atoms with van der Waals surface area (Å²) >= 11 is 0. The Morgan fingerprint density at radius 3 is 2.71 bits per heavy atom. The maximum Gasteiger partial charge on any atom is 0.217 e. The number of anilines is 1. The average Bonchev–Trinajstić information content (AvgIpc) is 3.46. The number of sulfonamides is 1. The van der Waals surface area contributed by atoms with Gasteiger partial charge in [0.05, 0.1) is 5.25 Å². The first-order valence-electron chi connectivity index (χ1n) is 9.12. The Morgan fingerprint density at radius 2 is 1.92 bits per heavy atom. The lowest BCUT2D eigenvalue weighted by Gasteiger charge is -2.38. The highest BCUT2D eigenvalue weighted by Crippen LogP contribution is 2.34. The van der Waals surface area contributed by atoms with Crippen molar-refractivity contribution in [2.75, 3.05) is 25.0 Å². The predicted molar refractivity (Wildman–Crippen MR) is 93.6 cm³/mol. The van der Waals surface area contributed by atoms with Crippen LogP contribution < -0.4 is 4.90 Å². The van der Waals surface area contributed by atoms with Crippen LogP contribution in [-0.2, 0) is 22.9 Å². The molecule has 3 aliphatic rings. The molecule has 0 amide bonds. The zero-order valence-electron chi connectivity index (χ0n) is 14.3. The fourth-order valence-corrected chi connectivity index (χ4v) is 5.82. The van der Waals surface area contributed by atoms with Crippen LogP contribution in [-0.4, -0.2) is 54.1 Å². The molecule has 0 radical (unpaired) electrons. The first-order valence-corrected chi connectivity index (χ1v) is 10.6. The van der Waals surface area contributed by atoms with E-state index >= 15 is 0 Å². The Morgan fingerprint density at radius 1 is 1.12 bits per heavy atom. The van der Waals surface area contributed by atoms with Crippen LogP contribution in [0.4, 0.5) is 5.82 Å². The highest BCUT2D eigenvalue weighted by Gasteiger charge is 2.42. The third kappa shape index (κ3) is 2.92. The Balaban J connectivity index is 1.55. The van der Waals surface area contributed by atoms with Crippen LogP contribution in [0.5, 0.6) is 0 Å². The summed E-state index contributed by atoms with van der Waals surface area (Å²) in [5.74, 6) is 1.04. The van der Waals surface area contributed by atoms with Crippen molar-refractivity contribution >= 4 is 15.8 Å². The van der Waals surface area contributed by atoms with Gasteiger partial charge in [-0.3, -0.25) is 0 Å². The van der Waals surface area contributed by atoms with Gasteiger partial charge >= 0.3 is 0 Å². The van der Waals surface area contributed by atoms with Gasteiger partial charge < -0.3 is 4.90 Å². The van der Waals surface area contributed by atoms with Gasteiger partial charge in [0.1, 0.15) is 12.1 Å². The molecule has 1 aliphatic heterocycles. The molecule has 1 unspecified atom stereocenters. The number of aromatic nitrogens is 2. The van der Waals surface area contributed by atoms with Crippen molar-refractivity contribution < 1.29 is 8.42 Å². The highest BCUT2D eigenvalue weighted by atomic mass is 32.2. The lowest BCUT2D eigenvalue weighted by molar-refractivity contribution is 0.318. The molecule has 2 aliphatic carbocycles. The summed E-state index contributed by atoms with van der Waals surface area (Å²) in [6.07, 6.45) is 9.75. The minimum Gasteiger partial charge on any atom is -0.355 e. The summed E-state index contributed by atoms with van der Waals surface area (Å²) in [7, 11) is -1.35. The van der Waals surface area contributed by atoms with Crippen molar-refractivity contribution in [1.82, 2.24) is 14.3 Å². The number of hydrogen-bond donors (Lipinski definition) is 0. The Kier molecular flexibility index (Phi) is 4.24. The quantitative estimate of drug-likeness (QED) is 0.828. The number of hydrogen-bond acceptors (Lipinski definition) is 5. The second-order valence-electron chi connectivity index (χ2n) is 7.33. The van der Waals surface area contributed by atoms with Crippen LogP contribution in [0.1, 0.15) is 49.8 Å². The fraction of sp³-hybridized carbons (Fsp3) is 0.765. The lowest BCUT2D eigenvalue weighted by Crippen LogP contribution is -2.49. The van der Waals surface area contributed by atoms with Crippen molar-refractivity contribution in [3.8, 4) is 0 Å². The van der Waals surface area contributed by atoms with E-state index in [9.17, 15) is 8.42 Å². The summed E-state index contributed by atoms with van der Waals surface area (Å²) in [5.41, 5.74) is 2.48. The van der Waals surface area contributed by atoms with Crippen molar-refractivity contribution in [2.45, 2.75) is 62.7 Å². The number of fused-ring (bicyclic) bond motifs is 1. The second kappa shape index (κ2) is 6.26. The predicted octanol–water partition coefficient (Wildman–Crippen LogP) is 1.75. The Hall–Kier alpha value is -1.21. The first kappa shape index (κ1) is 16.3. The average molecular weight is 350 g/mol. The van der Waals surface area contributed by atoms with Gasteiger partial charge in [-0.1, -0.05) is 0 Å².